The van der Waals surface area contributed by atoms with Gasteiger partial charge in [-0.3, -0.25) is 0 Å². The Bertz CT molecular complexity index is 462. The molecule has 1 saturated heterocycles. The molecule has 6 nitrogen and oxygen atoms in total. The van der Waals surface area contributed by atoms with E-state index in [9.17, 15) is 0 Å². The second-order valence-corrected chi connectivity index (χ2v) is 6.84. The van der Waals surface area contributed by atoms with Crippen LogP contribution in [-0.4, -0.2) is 47.0 Å². The summed E-state index contributed by atoms with van der Waals surface area (Å²) in [5, 5.41) is 12.6. The lowest BCUT2D eigenvalue weighted by Crippen LogP contribution is -2.49. The van der Waals surface area contributed by atoms with E-state index in [0.29, 0.717) is 35.6 Å². The molecule has 0 amide bonds. The SMILES string of the molecule is CCCNC1CCC2(CC1Sc1nnc(C)o1)OCCO2. The van der Waals surface area contributed by atoms with Crippen LogP contribution in [-0.2, 0) is 9.47 Å². The molecule has 118 valence electrons. The van der Waals surface area contributed by atoms with Crippen molar-refractivity contribution in [3.05, 3.63) is 5.89 Å². The zero-order valence-corrected chi connectivity index (χ0v) is 13.4. The van der Waals surface area contributed by atoms with Crippen molar-refractivity contribution in [1.82, 2.24) is 15.5 Å². The van der Waals surface area contributed by atoms with Crippen molar-refractivity contribution < 1.29 is 13.9 Å². The van der Waals surface area contributed by atoms with Crippen LogP contribution in [0.2, 0.25) is 0 Å². The number of nitrogens with one attached hydrogen (secondary N) is 1. The molecule has 0 radical (unpaired) electrons. The van der Waals surface area contributed by atoms with Crippen LogP contribution in [0.15, 0.2) is 9.64 Å². The molecule has 7 heteroatoms. The quantitative estimate of drug-likeness (QED) is 0.893. The first kappa shape index (κ1) is 15.3. The summed E-state index contributed by atoms with van der Waals surface area (Å²) in [5.74, 6) is 0.214. The average molecular weight is 313 g/mol. The van der Waals surface area contributed by atoms with Gasteiger partial charge >= 0.3 is 0 Å². The molecule has 1 spiro atoms. The minimum absolute atomic E-state index is 0.322. The minimum atomic E-state index is -0.392. The zero-order valence-electron chi connectivity index (χ0n) is 12.6. The van der Waals surface area contributed by atoms with Crippen molar-refractivity contribution in [2.45, 2.75) is 61.8 Å². The van der Waals surface area contributed by atoms with Crippen LogP contribution in [0.25, 0.3) is 0 Å². The van der Waals surface area contributed by atoms with Crippen LogP contribution in [0.4, 0.5) is 0 Å². The maximum Gasteiger partial charge on any atom is 0.276 e. The van der Waals surface area contributed by atoms with Gasteiger partial charge in [-0.2, -0.15) is 0 Å². The highest BCUT2D eigenvalue weighted by atomic mass is 32.2. The van der Waals surface area contributed by atoms with Crippen molar-refractivity contribution in [2.75, 3.05) is 19.8 Å². The summed E-state index contributed by atoms with van der Waals surface area (Å²) < 4.78 is 17.3. The van der Waals surface area contributed by atoms with Crippen LogP contribution in [0.1, 0.15) is 38.5 Å². The molecule has 1 saturated carbocycles. The number of thioether (sulfide) groups is 1. The third-order valence-electron chi connectivity index (χ3n) is 4.03. The van der Waals surface area contributed by atoms with Gasteiger partial charge in [-0.15, -0.1) is 10.2 Å². The van der Waals surface area contributed by atoms with E-state index in [1.54, 1.807) is 11.8 Å². The van der Waals surface area contributed by atoms with E-state index in [2.05, 4.69) is 22.4 Å². The van der Waals surface area contributed by atoms with Crippen molar-refractivity contribution in [3.8, 4) is 0 Å². The number of aryl methyl sites for hydroxylation is 1. The lowest BCUT2D eigenvalue weighted by molar-refractivity contribution is -0.178. The highest BCUT2D eigenvalue weighted by Gasteiger charge is 2.45. The first-order valence-corrected chi connectivity index (χ1v) is 8.57. The Morgan fingerprint density at radius 3 is 2.81 bits per heavy atom. The van der Waals surface area contributed by atoms with Gasteiger partial charge < -0.3 is 19.2 Å². The van der Waals surface area contributed by atoms with Gasteiger partial charge in [-0.1, -0.05) is 18.7 Å². The largest absolute Gasteiger partial charge is 0.416 e. The van der Waals surface area contributed by atoms with Crippen molar-refractivity contribution in [1.29, 1.82) is 0 Å². The molecule has 2 heterocycles. The Balaban J connectivity index is 1.69. The van der Waals surface area contributed by atoms with Crippen LogP contribution < -0.4 is 5.32 Å². The molecule has 2 atom stereocenters. The molecule has 21 heavy (non-hydrogen) atoms. The van der Waals surface area contributed by atoms with Gasteiger partial charge in [0.15, 0.2) is 5.79 Å². The molecule has 1 aromatic rings. The Morgan fingerprint density at radius 2 is 2.14 bits per heavy atom. The van der Waals surface area contributed by atoms with Crippen LogP contribution >= 0.6 is 11.8 Å². The van der Waals surface area contributed by atoms with Crippen LogP contribution in [0, 0.1) is 6.92 Å². The Hall–Kier alpha value is -0.630. The van der Waals surface area contributed by atoms with E-state index >= 15 is 0 Å². The molecule has 3 rings (SSSR count). The standard InChI is InChI=1S/C14H23N3O3S/c1-3-6-15-11-4-5-14(18-7-8-19-14)9-12(11)21-13-17-16-10(2)20-13/h11-12,15H,3-9H2,1-2H3. The fourth-order valence-electron chi connectivity index (χ4n) is 3.01. The number of hydrogen-bond donors (Lipinski definition) is 1. The molecule has 1 aliphatic carbocycles. The first-order chi connectivity index (χ1) is 10.2. The normalized spacial score (nSPS) is 28.3. The molecular formula is C14H23N3O3S. The van der Waals surface area contributed by atoms with Gasteiger partial charge in [-0.05, 0) is 19.4 Å². The summed E-state index contributed by atoms with van der Waals surface area (Å²) in [6.07, 6.45) is 3.99. The lowest BCUT2D eigenvalue weighted by Gasteiger charge is -2.40. The van der Waals surface area contributed by atoms with E-state index in [1.165, 1.54) is 0 Å². The van der Waals surface area contributed by atoms with E-state index in [1.807, 2.05) is 6.92 Å². The van der Waals surface area contributed by atoms with Crippen LogP contribution in [0.3, 0.4) is 0 Å². The third kappa shape index (κ3) is 3.59. The summed E-state index contributed by atoms with van der Waals surface area (Å²) >= 11 is 1.64. The van der Waals surface area contributed by atoms with Crippen LogP contribution in [0.5, 0.6) is 0 Å². The van der Waals surface area contributed by atoms with E-state index < -0.39 is 5.79 Å². The second-order valence-electron chi connectivity index (χ2n) is 5.65. The molecule has 2 fully saturated rings. The monoisotopic (exact) mass is 313 g/mol. The molecule has 0 aromatic carbocycles. The molecule has 1 N–H and O–H groups in total. The number of aromatic nitrogens is 2. The maximum absolute atomic E-state index is 5.88. The Kier molecular flexibility index (Phi) is 4.83. The average Bonchev–Trinajstić information content (AvgIpc) is 3.08. The molecule has 0 bridgehead atoms. The number of rotatable bonds is 5. The summed E-state index contributed by atoms with van der Waals surface area (Å²) in [6.45, 7) is 6.42. The number of ether oxygens (including phenoxy) is 2. The summed E-state index contributed by atoms with van der Waals surface area (Å²) in [5.41, 5.74) is 0. The van der Waals surface area contributed by atoms with E-state index in [-0.39, 0.29) is 0 Å². The highest BCUT2D eigenvalue weighted by Crippen LogP contribution is 2.42. The zero-order chi connectivity index (χ0) is 14.7. The molecule has 1 aromatic heterocycles. The fraction of sp³-hybridized carbons (Fsp3) is 0.857. The summed E-state index contributed by atoms with van der Waals surface area (Å²) in [6, 6.07) is 0.431. The smallest absolute Gasteiger partial charge is 0.276 e. The highest BCUT2D eigenvalue weighted by molar-refractivity contribution is 7.99. The van der Waals surface area contributed by atoms with Crippen molar-refractivity contribution in [2.24, 2.45) is 0 Å². The fourth-order valence-corrected chi connectivity index (χ4v) is 4.26. The van der Waals surface area contributed by atoms with E-state index in [0.717, 1.165) is 32.2 Å². The Labute approximate surface area is 129 Å². The predicted molar refractivity (Wildman–Crippen MR) is 79.2 cm³/mol. The molecule has 2 unspecified atom stereocenters. The minimum Gasteiger partial charge on any atom is -0.416 e. The Morgan fingerprint density at radius 1 is 1.33 bits per heavy atom. The van der Waals surface area contributed by atoms with Gasteiger partial charge in [0.25, 0.3) is 5.22 Å². The lowest BCUT2D eigenvalue weighted by atomic mass is 9.89. The molecule has 1 aliphatic heterocycles. The number of nitrogens with zero attached hydrogens (tertiary/aromatic N) is 2. The predicted octanol–water partition coefficient (Wildman–Crippen LogP) is 2.13. The maximum atomic E-state index is 5.88. The van der Waals surface area contributed by atoms with Crippen molar-refractivity contribution in [3.63, 3.8) is 0 Å². The van der Waals surface area contributed by atoms with E-state index in [4.69, 9.17) is 13.9 Å². The second kappa shape index (κ2) is 6.64. The van der Waals surface area contributed by atoms with Gasteiger partial charge in [0.2, 0.25) is 5.89 Å². The van der Waals surface area contributed by atoms with Gasteiger partial charge in [0, 0.05) is 31.1 Å². The molecule has 2 aliphatic rings. The summed E-state index contributed by atoms with van der Waals surface area (Å²) in [7, 11) is 0. The van der Waals surface area contributed by atoms with Gasteiger partial charge in [0.05, 0.1) is 13.2 Å². The van der Waals surface area contributed by atoms with Gasteiger partial charge in [0.1, 0.15) is 0 Å². The first-order valence-electron chi connectivity index (χ1n) is 7.69. The van der Waals surface area contributed by atoms with Crippen molar-refractivity contribution >= 4 is 11.8 Å². The molecular weight excluding hydrogens is 290 g/mol. The third-order valence-corrected chi connectivity index (χ3v) is 5.19. The number of hydrogen-bond acceptors (Lipinski definition) is 7. The topological polar surface area (TPSA) is 69.4 Å². The summed E-state index contributed by atoms with van der Waals surface area (Å²) in [4.78, 5) is 0. The van der Waals surface area contributed by atoms with Gasteiger partial charge in [-0.25, -0.2) is 0 Å².